The van der Waals surface area contributed by atoms with Gasteiger partial charge in [0.05, 0.1) is 23.7 Å². The molecule has 0 unspecified atom stereocenters. The molecule has 2 aromatic heterocycles. The van der Waals surface area contributed by atoms with Crippen LogP contribution >= 0.6 is 11.3 Å². The maximum atomic E-state index is 12.1. The van der Waals surface area contributed by atoms with Crippen molar-refractivity contribution in [3.8, 4) is 11.8 Å². The third-order valence-electron chi connectivity index (χ3n) is 2.92. The van der Waals surface area contributed by atoms with Gasteiger partial charge in [0.15, 0.2) is 0 Å². The maximum Gasteiger partial charge on any atom is 0.269 e. The molecule has 2 heterocycles. The minimum absolute atomic E-state index is 0.118. The number of nitrogens with zero attached hydrogens (tertiary/aromatic N) is 2. The molecule has 21 heavy (non-hydrogen) atoms. The summed E-state index contributed by atoms with van der Waals surface area (Å²) in [7, 11) is 1.78. The second kappa shape index (κ2) is 7.07. The topological polar surface area (TPSA) is 72.9 Å². The summed E-state index contributed by atoms with van der Waals surface area (Å²) in [5, 5.41) is 7.17. The van der Waals surface area contributed by atoms with Crippen molar-refractivity contribution in [3.05, 3.63) is 39.3 Å². The monoisotopic (exact) mass is 302 g/mol. The molecular formula is C15H18N4OS. The maximum absolute atomic E-state index is 12.1. The number of carbonyl (C=O) groups excluding carboxylic acids is 1. The van der Waals surface area contributed by atoms with E-state index in [1.165, 1.54) is 0 Å². The van der Waals surface area contributed by atoms with Crippen molar-refractivity contribution < 1.29 is 4.79 Å². The summed E-state index contributed by atoms with van der Waals surface area (Å²) in [6, 6.07) is 5.72. The Morgan fingerprint density at radius 1 is 1.52 bits per heavy atom. The van der Waals surface area contributed by atoms with Crippen molar-refractivity contribution in [2.24, 2.45) is 12.8 Å². The van der Waals surface area contributed by atoms with Gasteiger partial charge in [-0.25, -0.2) is 0 Å². The molecule has 2 rings (SSSR count). The first-order chi connectivity index (χ1) is 10.1. The average molecular weight is 302 g/mol. The van der Waals surface area contributed by atoms with Crippen molar-refractivity contribution >= 4 is 17.2 Å². The molecule has 0 aromatic carbocycles. The zero-order valence-corrected chi connectivity index (χ0v) is 13.0. The summed E-state index contributed by atoms with van der Waals surface area (Å²) in [6.45, 7) is 2.85. The zero-order chi connectivity index (χ0) is 15.2. The van der Waals surface area contributed by atoms with Crippen molar-refractivity contribution in [1.82, 2.24) is 15.1 Å². The molecule has 3 N–H and O–H groups in total. The predicted molar refractivity (Wildman–Crippen MR) is 84.0 cm³/mol. The van der Waals surface area contributed by atoms with Crippen LogP contribution < -0.4 is 11.1 Å². The minimum Gasteiger partial charge on any atom is -0.346 e. The molecule has 110 valence electrons. The summed E-state index contributed by atoms with van der Waals surface area (Å²) in [6.07, 6.45) is 0.815. The van der Waals surface area contributed by atoms with E-state index in [1.54, 1.807) is 23.1 Å². The van der Waals surface area contributed by atoms with Crippen LogP contribution in [0.4, 0.5) is 0 Å². The number of hydrogen-bond donors (Lipinski definition) is 2. The minimum atomic E-state index is -0.118. The van der Waals surface area contributed by atoms with Crippen LogP contribution in [0.2, 0.25) is 0 Å². The standard InChI is InChI=1S/C15H18N4OS/c1-3-11-9-14(19(2)18-11)15(20)17-10-13-7-6-12(21-13)5-4-8-16/h6-7,9H,3,8,10,16H2,1-2H3,(H,17,20). The van der Waals surface area contributed by atoms with Crippen LogP contribution in [0.1, 0.15) is 32.9 Å². The molecule has 0 saturated heterocycles. The van der Waals surface area contributed by atoms with Gasteiger partial charge in [-0.1, -0.05) is 18.8 Å². The fourth-order valence-electron chi connectivity index (χ4n) is 1.85. The number of thiophene rings is 1. The quantitative estimate of drug-likeness (QED) is 0.836. The summed E-state index contributed by atoms with van der Waals surface area (Å²) < 4.78 is 1.61. The molecule has 0 atom stereocenters. The van der Waals surface area contributed by atoms with E-state index >= 15 is 0 Å². The van der Waals surface area contributed by atoms with E-state index in [-0.39, 0.29) is 5.91 Å². The number of aryl methyl sites for hydroxylation is 2. The van der Waals surface area contributed by atoms with Gasteiger partial charge in [-0.3, -0.25) is 9.48 Å². The van der Waals surface area contributed by atoms with Gasteiger partial charge in [-0.15, -0.1) is 11.3 Å². The number of carbonyl (C=O) groups is 1. The molecule has 1 amide bonds. The Morgan fingerprint density at radius 3 is 3.00 bits per heavy atom. The molecule has 0 aliphatic carbocycles. The number of aromatic nitrogens is 2. The Kier molecular flexibility index (Phi) is 5.14. The average Bonchev–Trinajstić information content (AvgIpc) is 3.09. The lowest BCUT2D eigenvalue weighted by atomic mass is 10.3. The van der Waals surface area contributed by atoms with Gasteiger partial charge in [0.1, 0.15) is 5.69 Å². The molecule has 0 aliphatic heterocycles. The fourth-order valence-corrected chi connectivity index (χ4v) is 2.67. The van der Waals surface area contributed by atoms with E-state index < -0.39 is 0 Å². The normalized spacial score (nSPS) is 10.0. The second-order valence-electron chi connectivity index (χ2n) is 4.45. The highest BCUT2D eigenvalue weighted by Gasteiger charge is 2.12. The van der Waals surface area contributed by atoms with E-state index in [0.29, 0.717) is 18.8 Å². The van der Waals surface area contributed by atoms with Crippen LogP contribution in [0.15, 0.2) is 18.2 Å². The van der Waals surface area contributed by atoms with Crippen LogP contribution in [-0.2, 0) is 20.0 Å². The molecule has 0 fully saturated rings. The van der Waals surface area contributed by atoms with Crippen molar-refractivity contribution in [1.29, 1.82) is 0 Å². The van der Waals surface area contributed by atoms with E-state index in [9.17, 15) is 4.79 Å². The first-order valence-corrected chi connectivity index (χ1v) is 7.54. The Morgan fingerprint density at radius 2 is 2.33 bits per heavy atom. The van der Waals surface area contributed by atoms with E-state index in [2.05, 4.69) is 22.3 Å². The molecule has 5 nitrogen and oxygen atoms in total. The van der Waals surface area contributed by atoms with Crippen LogP contribution in [0.3, 0.4) is 0 Å². The van der Waals surface area contributed by atoms with Gasteiger partial charge < -0.3 is 11.1 Å². The van der Waals surface area contributed by atoms with Crippen molar-refractivity contribution in [3.63, 3.8) is 0 Å². The zero-order valence-electron chi connectivity index (χ0n) is 12.1. The number of amides is 1. The van der Waals surface area contributed by atoms with Gasteiger partial charge in [0, 0.05) is 11.9 Å². The van der Waals surface area contributed by atoms with Gasteiger partial charge in [-0.2, -0.15) is 5.10 Å². The highest BCUT2D eigenvalue weighted by atomic mass is 32.1. The summed E-state index contributed by atoms with van der Waals surface area (Å²) in [4.78, 5) is 14.1. The summed E-state index contributed by atoms with van der Waals surface area (Å²) in [5.41, 5.74) is 6.83. The molecule has 0 aliphatic rings. The van der Waals surface area contributed by atoms with Gasteiger partial charge >= 0.3 is 0 Å². The summed E-state index contributed by atoms with van der Waals surface area (Å²) in [5.74, 6) is 5.68. The second-order valence-corrected chi connectivity index (χ2v) is 5.62. The Hall–Kier alpha value is -2.10. The fraction of sp³-hybridized carbons (Fsp3) is 0.333. The SMILES string of the molecule is CCc1cc(C(=O)NCc2ccc(C#CCN)s2)n(C)n1. The highest BCUT2D eigenvalue weighted by molar-refractivity contribution is 7.12. The molecular weight excluding hydrogens is 284 g/mol. The van der Waals surface area contributed by atoms with Crippen LogP contribution in [0.25, 0.3) is 0 Å². The number of nitrogens with one attached hydrogen (secondary N) is 1. The van der Waals surface area contributed by atoms with E-state index in [1.807, 2.05) is 25.1 Å². The predicted octanol–water partition coefficient (Wildman–Crippen LogP) is 1.28. The molecule has 0 bridgehead atoms. The Labute approximate surface area is 128 Å². The van der Waals surface area contributed by atoms with Crippen LogP contribution in [0, 0.1) is 11.8 Å². The van der Waals surface area contributed by atoms with Crippen LogP contribution in [0.5, 0.6) is 0 Å². The molecule has 0 saturated carbocycles. The van der Waals surface area contributed by atoms with Gasteiger partial charge in [0.2, 0.25) is 0 Å². The molecule has 0 spiro atoms. The third kappa shape index (κ3) is 3.94. The van der Waals surface area contributed by atoms with E-state index in [4.69, 9.17) is 5.73 Å². The van der Waals surface area contributed by atoms with Gasteiger partial charge in [-0.05, 0) is 24.6 Å². The lowest BCUT2D eigenvalue weighted by Gasteiger charge is -2.03. The van der Waals surface area contributed by atoms with Crippen molar-refractivity contribution in [2.75, 3.05) is 6.54 Å². The lowest BCUT2D eigenvalue weighted by molar-refractivity contribution is 0.0942. The van der Waals surface area contributed by atoms with Gasteiger partial charge in [0.25, 0.3) is 5.91 Å². The third-order valence-corrected chi connectivity index (χ3v) is 3.92. The molecule has 6 heteroatoms. The largest absolute Gasteiger partial charge is 0.346 e. The van der Waals surface area contributed by atoms with Crippen molar-refractivity contribution in [2.45, 2.75) is 19.9 Å². The smallest absolute Gasteiger partial charge is 0.269 e. The molecule has 2 aromatic rings. The number of hydrogen-bond acceptors (Lipinski definition) is 4. The van der Waals surface area contributed by atoms with E-state index in [0.717, 1.165) is 21.9 Å². The Bertz CT molecular complexity index is 690. The highest BCUT2D eigenvalue weighted by Crippen LogP contribution is 2.15. The van der Waals surface area contributed by atoms with Crippen LogP contribution in [-0.4, -0.2) is 22.2 Å². The lowest BCUT2D eigenvalue weighted by Crippen LogP contribution is -2.24. The Balaban J connectivity index is 1.97. The summed E-state index contributed by atoms with van der Waals surface area (Å²) >= 11 is 1.56. The molecule has 0 radical (unpaired) electrons. The number of nitrogens with two attached hydrogens (primary N) is 1. The number of rotatable bonds is 4. The first kappa shape index (κ1) is 15.3. The first-order valence-electron chi connectivity index (χ1n) is 6.72.